The predicted octanol–water partition coefficient (Wildman–Crippen LogP) is 4.30. The first-order valence-electron chi connectivity index (χ1n) is 10.5. The van der Waals surface area contributed by atoms with Crippen LogP contribution in [0.3, 0.4) is 0 Å². The summed E-state index contributed by atoms with van der Waals surface area (Å²) < 4.78 is 54.4. The van der Waals surface area contributed by atoms with Gasteiger partial charge < -0.3 is 10.0 Å². The molecule has 2 aromatic rings. The molecule has 1 N–H and O–H groups in total. The summed E-state index contributed by atoms with van der Waals surface area (Å²) in [4.78, 5) is 6.38. The van der Waals surface area contributed by atoms with Crippen LogP contribution in [0.25, 0.3) is 0 Å². The van der Waals surface area contributed by atoms with Gasteiger partial charge in [0.15, 0.2) is 5.75 Å². The highest BCUT2D eigenvalue weighted by Gasteiger charge is 2.11. The van der Waals surface area contributed by atoms with E-state index in [0.717, 1.165) is 29.3 Å². The third-order valence-corrected chi connectivity index (χ3v) is 6.48. The molecule has 0 unspecified atom stereocenters. The monoisotopic (exact) mass is 566 g/mol. The lowest BCUT2D eigenvalue weighted by Crippen LogP contribution is -2.28. The normalized spacial score (nSPS) is 12.4. The molecule has 194 valence electrons. The maximum Gasteiger partial charge on any atom is 0.264 e. The van der Waals surface area contributed by atoms with Gasteiger partial charge in [-0.2, -0.15) is 16.8 Å². The Morgan fingerprint density at radius 3 is 1.91 bits per heavy atom. The van der Waals surface area contributed by atoms with Gasteiger partial charge in [0.1, 0.15) is 0 Å². The van der Waals surface area contributed by atoms with E-state index in [2.05, 4.69) is 4.99 Å². The fraction of sp³-hybridized carbons (Fsp3) is 0.409. The van der Waals surface area contributed by atoms with Crippen LogP contribution in [0.4, 0.5) is 11.4 Å². The van der Waals surface area contributed by atoms with Crippen molar-refractivity contribution in [1.82, 2.24) is 0 Å². The number of aryl methyl sites for hydroxylation is 1. The fourth-order valence-electron chi connectivity index (χ4n) is 3.07. The first-order chi connectivity index (χ1) is 16.2. The lowest BCUT2D eigenvalue weighted by Gasteiger charge is -2.25. The van der Waals surface area contributed by atoms with Crippen molar-refractivity contribution >= 4 is 61.0 Å². The van der Waals surface area contributed by atoms with Crippen molar-refractivity contribution < 1.29 is 30.3 Å². The van der Waals surface area contributed by atoms with E-state index in [1.54, 1.807) is 6.21 Å². The Labute approximate surface area is 216 Å². The number of hydrogen-bond acceptors (Lipinski definition) is 9. The predicted molar refractivity (Wildman–Crippen MR) is 140 cm³/mol. The molecule has 0 spiro atoms. The van der Waals surface area contributed by atoms with E-state index in [1.807, 2.05) is 30.0 Å². The maximum absolute atomic E-state index is 11.2. The average Bonchev–Trinajstić information content (AvgIpc) is 2.74. The van der Waals surface area contributed by atoms with Gasteiger partial charge in [-0.05, 0) is 55.2 Å². The number of phenolic OH excluding ortho intramolecular Hbond substituents is 1. The molecule has 0 fully saturated rings. The van der Waals surface area contributed by atoms with Crippen LogP contribution >= 0.6 is 23.2 Å². The van der Waals surface area contributed by atoms with Crippen molar-refractivity contribution in [2.24, 2.45) is 4.99 Å². The second-order valence-electron chi connectivity index (χ2n) is 7.80. The number of rotatable bonds is 13. The van der Waals surface area contributed by atoms with Gasteiger partial charge in [0.05, 0.1) is 41.5 Å². The van der Waals surface area contributed by atoms with Crippen molar-refractivity contribution in [3.05, 3.63) is 51.5 Å². The van der Waals surface area contributed by atoms with E-state index in [-0.39, 0.29) is 29.0 Å². The third-order valence-electron chi connectivity index (χ3n) is 4.71. The van der Waals surface area contributed by atoms with Gasteiger partial charge >= 0.3 is 0 Å². The highest BCUT2D eigenvalue weighted by molar-refractivity contribution is 7.86. The summed E-state index contributed by atoms with van der Waals surface area (Å²) in [5, 5.41) is 9.89. The zero-order valence-electron chi connectivity index (χ0n) is 19.6. The van der Waals surface area contributed by atoms with Gasteiger partial charge in [-0.3, -0.25) is 13.4 Å². The molecule has 0 radical (unpaired) electrons. The summed E-state index contributed by atoms with van der Waals surface area (Å²) in [6, 6.07) is 8.72. The zero-order valence-corrected chi connectivity index (χ0v) is 22.7. The van der Waals surface area contributed by atoms with Gasteiger partial charge in [0, 0.05) is 25.0 Å². The molecule has 0 amide bonds. The number of aliphatic imine (C=N–C) groups is 1. The molecular weight excluding hydrogens is 539 g/mol. The maximum atomic E-state index is 11.2. The molecule has 35 heavy (non-hydrogen) atoms. The van der Waals surface area contributed by atoms with Crippen LogP contribution in [0.1, 0.15) is 24.0 Å². The first kappa shape index (κ1) is 29.3. The Hall–Kier alpha value is -1.89. The van der Waals surface area contributed by atoms with Gasteiger partial charge in [-0.15, -0.1) is 0 Å². The lowest BCUT2D eigenvalue weighted by molar-refractivity contribution is 0.310. The van der Waals surface area contributed by atoms with Crippen LogP contribution in [0.2, 0.25) is 10.0 Å². The number of phenols is 1. The number of benzene rings is 2. The van der Waals surface area contributed by atoms with Crippen molar-refractivity contribution in [1.29, 1.82) is 0 Å². The third kappa shape index (κ3) is 10.7. The number of hydrogen-bond donors (Lipinski definition) is 1. The number of aromatic hydroxyl groups is 1. The number of anilines is 1. The van der Waals surface area contributed by atoms with E-state index in [4.69, 9.17) is 31.6 Å². The summed E-state index contributed by atoms with van der Waals surface area (Å²) in [6.45, 7) is 2.98. The van der Waals surface area contributed by atoms with Crippen LogP contribution in [0.15, 0.2) is 35.3 Å². The van der Waals surface area contributed by atoms with Crippen LogP contribution in [-0.2, 0) is 28.6 Å². The molecule has 0 bridgehead atoms. The van der Waals surface area contributed by atoms with Crippen LogP contribution < -0.4 is 4.90 Å². The SMILES string of the molecule is Cc1cc(N(CCCOS(C)(=O)=O)CCCOS(C)(=O)=O)ccc1C=Nc1cc(Cl)c(O)c(Cl)c1. The number of halogens is 2. The van der Waals surface area contributed by atoms with Gasteiger partial charge in [0.2, 0.25) is 0 Å². The van der Waals surface area contributed by atoms with Crippen LogP contribution in [0, 0.1) is 6.92 Å². The van der Waals surface area contributed by atoms with Crippen LogP contribution in [-0.4, -0.2) is 67.0 Å². The molecule has 0 saturated heterocycles. The zero-order chi connectivity index (χ0) is 26.2. The molecule has 13 heteroatoms. The minimum absolute atomic E-state index is 0.0383. The Kier molecular flexibility index (Phi) is 10.8. The molecule has 0 aromatic heterocycles. The quantitative estimate of drug-likeness (QED) is 0.216. The fourth-order valence-corrected chi connectivity index (χ4v) is 4.39. The Bertz CT molecular complexity index is 1200. The lowest BCUT2D eigenvalue weighted by atomic mass is 10.1. The molecule has 9 nitrogen and oxygen atoms in total. The van der Waals surface area contributed by atoms with E-state index in [1.165, 1.54) is 12.1 Å². The largest absolute Gasteiger partial charge is 0.505 e. The number of nitrogens with zero attached hydrogens (tertiary/aromatic N) is 2. The van der Waals surface area contributed by atoms with Crippen molar-refractivity contribution in [3.63, 3.8) is 0 Å². The minimum atomic E-state index is -3.52. The second-order valence-corrected chi connectivity index (χ2v) is 11.9. The van der Waals surface area contributed by atoms with Crippen molar-refractivity contribution in [2.45, 2.75) is 19.8 Å². The van der Waals surface area contributed by atoms with Gasteiger partial charge in [-0.25, -0.2) is 0 Å². The van der Waals surface area contributed by atoms with Gasteiger partial charge in [-0.1, -0.05) is 29.3 Å². The summed E-state index contributed by atoms with van der Waals surface area (Å²) in [6.07, 6.45) is 4.55. The Morgan fingerprint density at radius 2 is 1.46 bits per heavy atom. The summed E-state index contributed by atoms with van der Waals surface area (Å²) in [7, 11) is -7.05. The molecule has 2 rings (SSSR count). The van der Waals surface area contributed by atoms with E-state index in [9.17, 15) is 21.9 Å². The Morgan fingerprint density at radius 1 is 0.943 bits per heavy atom. The average molecular weight is 568 g/mol. The molecule has 0 saturated carbocycles. The highest BCUT2D eigenvalue weighted by atomic mass is 35.5. The molecule has 0 atom stereocenters. The topological polar surface area (TPSA) is 123 Å². The molecule has 0 aliphatic rings. The minimum Gasteiger partial charge on any atom is -0.505 e. The molecule has 0 aliphatic heterocycles. The molecular formula is C22H28Cl2N2O7S2. The van der Waals surface area contributed by atoms with Crippen molar-refractivity contribution in [3.8, 4) is 5.75 Å². The second kappa shape index (κ2) is 12.9. The van der Waals surface area contributed by atoms with E-state index in [0.29, 0.717) is 31.6 Å². The van der Waals surface area contributed by atoms with Gasteiger partial charge in [0.25, 0.3) is 20.2 Å². The Balaban J connectivity index is 2.14. The first-order valence-corrected chi connectivity index (χ1v) is 14.9. The van der Waals surface area contributed by atoms with E-state index >= 15 is 0 Å². The molecule has 0 heterocycles. The summed E-state index contributed by atoms with van der Waals surface area (Å²) >= 11 is 11.9. The smallest absolute Gasteiger partial charge is 0.264 e. The summed E-state index contributed by atoms with van der Waals surface area (Å²) in [5.74, 6) is -0.197. The highest BCUT2D eigenvalue weighted by Crippen LogP contribution is 2.35. The standard InChI is InChI=1S/C22H28Cl2N2O7S2/c1-16-12-19(7-6-17(16)15-25-18-13-20(23)22(27)21(24)14-18)26(8-4-10-32-34(2,28)29)9-5-11-33-35(3,30)31/h6-7,12-15,27H,4-5,8-11H2,1-3H3. The van der Waals surface area contributed by atoms with E-state index < -0.39 is 20.2 Å². The molecule has 2 aromatic carbocycles. The molecule has 0 aliphatic carbocycles. The van der Waals surface area contributed by atoms with Crippen LogP contribution in [0.5, 0.6) is 5.75 Å². The van der Waals surface area contributed by atoms with Crippen molar-refractivity contribution in [2.75, 3.05) is 43.7 Å². The summed E-state index contributed by atoms with van der Waals surface area (Å²) in [5.41, 5.74) is 3.12.